The summed E-state index contributed by atoms with van der Waals surface area (Å²) in [6.45, 7) is 11.3. The number of hydrogen-bond acceptors (Lipinski definition) is 4. The van der Waals surface area contributed by atoms with Crippen LogP contribution in [0.4, 0.5) is 0 Å². The molecule has 0 fully saturated rings. The number of carbonyl (C=O) groups excluding carboxylic acids is 2. The molecule has 0 unspecified atom stereocenters. The van der Waals surface area contributed by atoms with E-state index in [0.29, 0.717) is 11.1 Å². The average molecular weight is 581 g/mol. The van der Waals surface area contributed by atoms with E-state index in [0.717, 1.165) is 54.6 Å². The Morgan fingerprint density at radius 2 is 0.841 bits per heavy atom. The third kappa shape index (κ3) is 5.80. The number of fused-ring (bicyclic) bond motifs is 3. The van der Waals surface area contributed by atoms with Crippen molar-refractivity contribution in [3.05, 3.63) is 120 Å². The Labute approximate surface area is 258 Å². The summed E-state index contributed by atoms with van der Waals surface area (Å²) in [7, 11) is 0. The molecule has 0 N–H and O–H groups in total. The zero-order valence-corrected chi connectivity index (χ0v) is 26.0. The first kappa shape index (κ1) is 29.1. The fourth-order valence-corrected chi connectivity index (χ4v) is 5.75. The maximum Gasteiger partial charge on any atom is 0.339 e. The van der Waals surface area contributed by atoms with Crippen LogP contribution in [0.15, 0.2) is 109 Å². The van der Waals surface area contributed by atoms with Gasteiger partial charge in [-0.25, -0.2) is 9.59 Å². The van der Waals surface area contributed by atoms with Crippen molar-refractivity contribution in [1.82, 2.24) is 0 Å². The van der Waals surface area contributed by atoms with Crippen LogP contribution >= 0.6 is 0 Å². The molecule has 6 aromatic rings. The fourth-order valence-electron chi connectivity index (χ4n) is 5.75. The van der Waals surface area contributed by atoms with Crippen LogP contribution in [-0.4, -0.2) is 23.1 Å². The van der Waals surface area contributed by atoms with Crippen molar-refractivity contribution in [1.29, 1.82) is 0 Å². The molecule has 0 aliphatic carbocycles. The lowest BCUT2D eigenvalue weighted by molar-refractivity contribution is 0.00593. The molecule has 6 rings (SSSR count). The van der Waals surface area contributed by atoms with Gasteiger partial charge in [-0.3, -0.25) is 0 Å². The Morgan fingerprint density at radius 1 is 0.455 bits per heavy atom. The molecule has 0 radical (unpaired) electrons. The normalized spacial score (nSPS) is 12.0. The molecule has 220 valence electrons. The second-order valence-electron chi connectivity index (χ2n) is 13.2. The summed E-state index contributed by atoms with van der Waals surface area (Å²) in [6, 6.07) is 36.4. The third-order valence-electron chi connectivity index (χ3n) is 7.51. The second kappa shape index (κ2) is 10.9. The fraction of sp³-hybridized carbons (Fsp3) is 0.200. The summed E-state index contributed by atoms with van der Waals surface area (Å²) in [6.07, 6.45) is 0. The maximum atomic E-state index is 13.3. The van der Waals surface area contributed by atoms with Gasteiger partial charge in [0.15, 0.2) is 0 Å². The van der Waals surface area contributed by atoms with Gasteiger partial charge in [0.2, 0.25) is 0 Å². The van der Waals surface area contributed by atoms with Crippen LogP contribution in [0.5, 0.6) is 0 Å². The molecule has 0 amide bonds. The van der Waals surface area contributed by atoms with E-state index in [1.165, 1.54) is 0 Å². The summed E-state index contributed by atoms with van der Waals surface area (Å²) >= 11 is 0. The van der Waals surface area contributed by atoms with Crippen LogP contribution in [0.2, 0.25) is 0 Å². The molecule has 0 heterocycles. The molecule has 0 saturated carbocycles. The van der Waals surface area contributed by atoms with Crippen molar-refractivity contribution in [3.63, 3.8) is 0 Å². The highest BCUT2D eigenvalue weighted by molar-refractivity contribution is 6.13. The van der Waals surface area contributed by atoms with Gasteiger partial charge in [0.25, 0.3) is 0 Å². The van der Waals surface area contributed by atoms with Crippen LogP contribution in [0.1, 0.15) is 62.3 Å². The average Bonchev–Trinajstić information content (AvgIpc) is 2.97. The monoisotopic (exact) mass is 580 g/mol. The van der Waals surface area contributed by atoms with Crippen LogP contribution in [-0.2, 0) is 9.47 Å². The quantitative estimate of drug-likeness (QED) is 0.195. The van der Waals surface area contributed by atoms with Crippen molar-refractivity contribution in [2.24, 2.45) is 0 Å². The Morgan fingerprint density at radius 3 is 1.23 bits per heavy atom. The predicted molar refractivity (Wildman–Crippen MR) is 180 cm³/mol. The van der Waals surface area contributed by atoms with Crippen molar-refractivity contribution in [3.8, 4) is 22.3 Å². The molecule has 0 bridgehead atoms. The van der Waals surface area contributed by atoms with Gasteiger partial charge in [0, 0.05) is 10.8 Å². The van der Waals surface area contributed by atoms with Gasteiger partial charge in [-0.15, -0.1) is 0 Å². The Hall–Kier alpha value is -4.96. The first-order valence-corrected chi connectivity index (χ1v) is 14.9. The van der Waals surface area contributed by atoms with Crippen molar-refractivity contribution in [2.45, 2.75) is 52.7 Å². The number of carbonyl (C=O) groups is 2. The van der Waals surface area contributed by atoms with E-state index in [-0.39, 0.29) is 11.9 Å². The first-order chi connectivity index (χ1) is 20.9. The van der Waals surface area contributed by atoms with E-state index in [1.807, 2.05) is 102 Å². The van der Waals surface area contributed by atoms with E-state index in [9.17, 15) is 9.59 Å². The first-order valence-electron chi connectivity index (χ1n) is 14.9. The van der Waals surface area contributed by atoms with E-state index < -0.39 is 11.2 Å². The largest absolute Gasteiger partial charge is 0.456 e. The lowest BCUT2D eigenvalue weighted by atomic mass is 9.91. The lowest BCUT2D eigenvalue weighted by Gasteiger charge is -2.21. The van der Waals surface area contributed by atoms with Crippen molar-refractivity contribution >= 4 is 44.3 Å². The Kier molecular flexibility index (Phi) is 7.25. The molecular formula is C40H36O4. The van der Waals surface area contributed by atoms with Crippen LogP contribution in [0, 0.1) is 0 Å². The summed E-state index contributed by atoms with van der Waals surface area (Å²) in [5.41, 5.74) is 3.84. The summed E-state index contributed by atoms with van der Waals surface area (Å²) < 4.78 is 11.5. The maximum absolute atomic E-state index is 13.3. The molecule has 4 nitrogen and oxygen atoms in total. The van der Waals surface area contributed by atoms with Crippen LogP contribution in [0.3, 0.4) is 0 Å². The second-order valence-corrected chi connectivity index (χ2v) is 13.2. The van der Waals surface area contributed by atoms with Gasteiger partial charge in [0.05, 0.1) is 11.1 Å². The lowest BCUT2D eigenvalue weighted by Crippen LogP contribution is -2.24. The van der Waals surface area contributed by atoms with Crippen LogP contribution < -0.4 is 0 Å². The molecule has 0 atom stereocenters. The van der Waals surface area contributed by atoms with Gasteiger partial charge in [-0.1, -0.05) is 84.9 Å². The molecule has 0 saturated heterocycles. The summed E-state index contributed by atoms with van der Waals surface area (Å²) in [4.78, 5) is 26.6. The smallest absolute Gasteiger partial charge is 0.339 e. The molecular weight excluding hydrogens is 544 g/mol. The van der Waals surface area contributed by atoms with Gasteiger partial charge < -0.3 is 9.47 Å². The van der Waals surface area contributed by atoms with Gasteiger partial charge in [0.1, 0.15) is 11.2 Å². The standard InChI is InChI=1S/C40H36O4/c1-39(2,3)43-37(41)33-17-9-13-26-11-7-15-31(35(26)33)28-21-19-25-20-22-29(24-30(25)23-28)32-16-8-12-27-14-10-18-34(36(27)32)38(42)44-40(4,5)6/h7-24H,1-6H3. The highest BCUT2D eigenvalue weighted by Crippen LogP contribution is 2.37. The summed E-state index contributed by atoms with van der Waals surface area (Å²) in [5, 5.41) is 5.85. The molecule has 0 aliphatic heterocycles. The Balaban J connectivity index is 1.50. The zero-order chi connectivity index (χ0) is 31.2. The highest BCUT2D eigenvalue weighted by atomic mass is 16.6. The third-order valence-corrected chi connectivity index (χ3v) is 7.51. The van der Waals surface area contributed by atoms with E-state index in [4.69, 9.17) is 9.47 Å². The number of benzene rings is 6. The zero-order valence-electron chi connectivity index (χ0n) is 26.0. The van der Waals surface area contributed by atoms with Crippen molar-refractivity contribution < 1.29 is 19.1 Å². The molecule has 4 heteroatoms. The predicted octanol–water partition coefficient (Wildman–Crippen LogP) is 10.4. The topological polar surface area (TPSA) is 52.6 Å². The molecule has 6 aromatic carbocycles. The minimum atomic E-state index is -0.599. The molecule has 0 spiro atoms. The van der Waals surface area contributed by atoms with Crippen LogP contribution in [0.25, 0.3) is 54.6 Å². The minimum Gasteiger partial charge on any atom is -0.456 e. The summed E-state index contributed by atoms with van der Waals surface area (Å²) in [5.74, 6) is -0.675. The molecule has 0 aliphatic rings. The highest BCUT2D eigenvalue weighted by Gasteiger charge is 2.23. The van der Waals surface area contributed by atoms with E-state index in [2.05, 4.69) is 48.5 Å². The number of ether oxygens (including phenoxy) is 2. The minimum absolute atomic E-state index is 0.338. The van der Waals surface area contributed by atoms with E-state index >= 15 is 0 Å². The van der Waals surface area contributed by atoms with E-state index in [1.54, 1.807) is 0 Å². The number of rotatable bonds is 4. The van der Waals surface area contributed by atoms with Crippen molar-refractivity contribution in [2.75, 3.05) is 0 Å². The molecule has 0 aromatic heterocycles. The van der Waals surface area contributed by atoms with Gasteiger partial charge in [-0.05, 0) is 110 Å². The Bertz CT molecular complexity index is 1920. The van der Waals surface area contributed by atoms with Gasteiger partial charge in [-0.2, -0.15) is 0 Å². The molecule has 44 heavy (non-hydrogen) atoms. The number of esters is 2. The van der Waals surface area contributed by atoms with Gasteiger partial charge >= 0.3 is 11.9 Å². The SMILES string of the molecule is CC(C)(C)OC(=O)c1cccc2cccc(-c3ccc4ccc(-c5cccc6cccc(C(=O)OC(C)(C)C)c56)cc4c3)c12. The number of hydrogen-bond donors (Lipinski definition) is 0.